The van der Waals surface area contributed by atoms with Crippen LogP contribution >= 0.6 is 11.3 Å². The highest BCUT2D eigenvalue weighted by Gasteiger charge is 2.54. The third-order valence-electron chi connectivity index (χ3n) is 4.33. The smallest absolute Gasteiger partial charge is 0.210 e. The monoisotopic (exact) mass is 353 g/mol. The van der Waals surface area contributed by atoms with Crippen LogP contribution in [0.3, 0.4) is 0 Å². The predicted molar refractivity (Wildman–Crippen MR) is 88.5 cm³/mol. The number of epoxide rings is 1. The Kier molecular flexibility index (Phi) is 3.36. The van der Waals surface area contributed by atoms with Crippen molar-refractivity contribution in [1.29, 1.82) is 0 Å². The zero-order valence-electron chi connectivity index (χ0n) is 13.1. The number of sulfone groups is 1. The molecule has 0 unspecified atom stereocenters. The number of hydrogen-bond acceptors (Lipinski definition) is 6. The number of aromatic nitrogens is 1. The predicted octanol–water partition coefficient (Wildman–Crippen LogP) is 2.80. The molecule has 1 aromatic heterocycles. The number of nitrogens with zero attached hydrogens (tertiary/aromatic N) is 1. The molecule has 124 valence electrons. The van der Waals surface area contributed by atoms with Gasteiger partial charge < -0.3 is 9.47 Å². The summed E-state index contributed by atoms with van der Waals surface area (Å²) in [5.41, 5.74) is 0.195. The lowest BCUT2D eigenvalue weighted by molar-refractivity contribution is -0.121. The third kappa shape index (κ3) is 3.03. The Morgan fingerprint density at radius 3 is 2.78 bits per heavy atom. The fourth-order valence-electron chi connectivity index (χ4n) is 3.51. The van der Waals surface area contributed by atoms with Gasteiger partial charge in [-0.2, -0.15) is 0 Å². The van der Waals surface area contributed by atoms with Crippen molar-refractivity contribution < 1.29 is 17.9 Å². The van der Waals surface area contributed by atoms with Crippen LogP contribution in [-0.2, 0) is 19.3 Å². The van der Waals surface area contributed by atoms with E-state index in [0.717, 1.165) is 16.6 Å². The summed E-state index contributed by atoms with van der Waals surface area (Å²) in [5.74, 6) is -0.0403. The maximum Gasteiger partial charge on any atom is 0.210 e. The summed E-state index contributed by atoms with van der Waals surface area (Å²) in [6, 6.07) is 7.47. The Balaban J connectivity index is 1.59. The fourth-order valence-corrected chi connectivity index (χ4v) is 6.25. The van der Waals surface area contributed by atoms with Gasteiger partial charge >= 0.3 is 0 Å². The minimum atomic E-state index is -3.47. The van der Waals surface area contributed by atoms with Crippen molar-refractivity contribution in [3.05, 3.63) is 24.3 Å². The van der Waals surface area contributed by atoms with E-state index in [-0.39, 0.29) is 27.4 Å². The Morgan fingerprint density at radius 1 is 1.35 bits per heavy atom. The molecule has 0 aliphatic carbocycles. The zero-order valence-corrected chi connectivity index (χ0v) is 14.7. The van der Waals surface area contributed by atoms with Crippen LogP contribution in [0.4, 0.5) is 0 Å². The molecule has 0 radical (unpaired) electrons. The maximum atomic E-state index is 12.7. The van der Waals surface area contributed by atoms with Gasteiger partial charge in [-0.3, -0.25) is 0 Å². The van der Waals surface area contributed by atoms with Crippen molar-refractivity contribution in [3.8, 4) is 0 Å². The van der Waals surface area contributed by atoms with Crippen LogP contribution in [0.15, 0.2) is 28.6 Å². The van der Waals surface area contributed by atoms with E-state index < -0.39 is 9.84 Å². The average molecular weight is 353 g/mol. The number of fused-ring (bicyclic) bond motifs is 1. The molecule has 0 bridgehead atoms. The summed E-state index contributed by atoms with van der Waals surface area (Å²) in [6.07, 6.45) is 1.11. The molecule has 4 rings (SSSR count). The van der Waals surface area contributed by atoms with Crippen LogP contribution in [0, 0.1) is 0 Å². The molecule has 23 heavy (non-hydrogen) atoms. The summed E-state index contributed by atoms with van der Waals surface area (Å²) < 4.78 is 38.1. The molecular weight excluding hydrogens is 334 g/mol. The zero-order chi connectivity index (χ0) is 16.3. The molecule has 2 atom stereocenters. The molecule has 3 heterocycles. The highest BCUT2D eigenvalue weighted by Crippen LogP contribution is 2.46. The topological polar surface area (TPSA) is 68.8 Å². The molecule has 2 fully saturated rings. The quantitative estimate of drug-likeness (QED) is 0.794. The number of thiazole rings is 1. The largest absolute Gasteiger partial charge is 0.371 e. The standard InChI is InChI=1S/C16H19NO4S2/c1-15(2)9-16(10-20-16)7-11(21-15)8-23(18,19)14-17-12-5-3-4-6-13(12)22-14/h3-6,11H,7-10H2,1-2H3/t11-,16+/m0/s1. The molecule has 7 heteroatoms. The lowest BCUT2D eigenvalue weighted by Crippen LogP contribution is -2.46. The molecule has 5 nitrogen and oxygen atoms in total. The van der Waals surface area contributed by atoms with Crippen LogP contribution in [0.25, 0.3) is 10.2 Å². The van der Waals surface area contributed by atoms with E-state index >= 15 is 0 Å². The Hall–Kier alpha value is -1.02. The Labute approximate surface area is 139 Å². The summed E-state index contributed by atoms with van der Waals surface area (Å²) >= 11 is 1.22. The van der Waals surface area contributed by atoms with Crippen LogP contribution in [0.2, 0.25) is 0 Å². The average Bonchev–Trinajstić information content (AvgIpc) is 3.01. The molecule has 0 amide bonds. The van der Waals surface area contributed by atoms with Gasteiger partial charge in [0.1, 0.15) is 0 Å². The molecular formula is C16H19NO4S2. The van der Waals surface area contributed by atoms with E-state index in [2.05, 4.69) is 4.98 Å². The Morgan fingerprint density at radius 2 is 2.09 bits per heavy atom. The molecule has 0 N–H and O–H groups in total. The number of benzene rings is 1. The van der Waals surface area contributed by atoms with Crippen molar-refractivity contribution in [2.45, 2.75) is 48.3 Å². The van der Waals surface area contributed by atoms with E-state index in [4.69, 9.17) is 9.47 Å². The molecule has 1 spiro atoms. The van der Waals surface area contributed by atoms with Crippen LogP contribution < -0.4 is 0 Å². The van der Waals surface area contributed by atoms with Gasteiger partial charge in [-0.05, 0) is 26.0 Å². The second-order valence-electron chi connectivity index (χ2n) is 7.08. The van der Waals surface area contributed by atoms with Gasteiger partial charge in [0.2, 0.25) is 14.2 Å². The summed E-state index contributed by atoms with van der Waals surface area (Å²) in [7, 11) is -3.47. The van der Waals surface area contributed by atoms with Gasteiger partial charge in [0.15, 0.2) is 0 Å². The molecule has 2 aliphatic heterocycles. The third-order valence-corrected chi connectivity index (χ3v) is 7.61. The Bertz CT molecular complexity index is 813. The first-order valence-electron chi connectivity index (χ1n) is 7.67. The van der Waals surface area contributed by atoms with E-state index in [1.54, 1.807) is 0 Å². The van der Waals surface area contributed by atoms with Gasteiger partial charge in [-0.25, -0.2) is 13.4 Å². The number of rotatable bonds is 3. The summed E-state index contributed by atoms with van der Waals surface area (Å²) in [5, 5.41) is 0. The molecule has 2 aliphatic rings. The summed E-state index contributed by atoms with van der Waals surface area (Å²) in [4.78, 5) is 4.28. The second-order valence-corrected chi connectivity index (χ2v) is 10.3. The van der Waals surface area contributed by atoms with Crippen molar-refractivity contribution in [1.82, 2.24) is 4.98 Å². The first-order valence-corrected chi connectivity index (χ1v) is 10.1. The summed E-state index contributed by atoms with van der Waals surface area (Å²) in [6.45, 7) is 4.69. The lowest BCUT2D eigenvalue weighted by Gasteiger charge is -2.39. The van der Waals surface area contributed by atoms with Gasteiger partial charge in [0.05, 0.1) is 39.9 Å². The normalized spacial score (nSPS) is 29.9. The first-order chi connectivity index (χ1) is 10.8. The number of ether oxygens (including phenoxy) is 2. The highest BCUT2D eigenvalue weighted by molar-refractivity contribution is 7.93. The number of para-hydroxylation sites is 1. The van der Waals surface area contributed by atoms with Gasteiger partial charge in [-0.15, -0.1) is 11.3 Å². The molecule has 0 saturated carbocycles. The van der Waals surface area contributed by atoms with Crippen LogP contribution in [0.5, 0.6) is 0 Å². The second kappa shape index (κ2) is 4.99. The number of hydrogen-bond donors (Lipinski definition) is 0. The van der Waals surface area contributed by atoms with Gasteiger partial charge in [-0.1, -0.05) is 12.1 Å². The highest BCUT2D eigenvalue weighted by atomic mass is 32.2. The van der Waals surface area contributed by atoms with E-state index in [1.807, 2.05) is 38.1 Å². The maximum absolute atomic E-state index is 12.7. The van der Waals surface area contributed by atoms with Crippen LogP contribution in [0.1, 0.15) is 26.7 Å². The molecule has 2 aromatic rings. The minimum Gasteiger partial charge on any atom is -0.371 e. The van der Waals surface area contributed by atoms with Crippen LogP contribution in [-0.4, -0.2) is 43.1 Å². The van der Waals surface area contributed by atoms with E-state index in [0.29, 0.717) is 13.0 Å². The van der Waals surface area contributed by atoms with Crippen molar-refractivity contribution >= 4 is 31.4 Å². The SMILES string of the molecule is CC1(C)C[C@@]2(CO2)C[C@@H](CS(=O)(=O)c2nc3ccccc3s2)O1. The molecule has 1 aromatic carbocycles. The first kappa shape index (κ1) is 15.5. The fraction of sp³-hybridized carbons (Fsp3) is 0.562. The minimum absolute atomic E-state index is 0.0403. The molecule has 2 saturated heterocycles. The van der Waals surface area contributed by atoms with Gasteiger partial charge in [0, 0.05) is 12.8 Å². The lowest BCUT2D eigenvalue weighted by atomic mass is 9.86. The van der Waals surface area contributed by atoms with Crippen molar-refractivity contribution in [3.63, 3.8) is 0 Å². The van der Waals surface area contributed by atoms with E-state index in [1.165, 1.54) is 11.3 Å². The van der Waals surface area contributed by atoms with Crippen molar-refractivity contribution in [2.75, 3.05) is 12.4 Å². The van der Waals surface area contributed by atoms with Gasteiger partial charge in [0.25, 0.3) is 0 Å². The van der Waals surface area contributed by atoms with E-state index in [9.17, 15) is 8.42 Å². The van der Waals surface area contributed by atoms with Crippen molar-refractivity contribution in [2.24, 2.45) is 0 Å².